The van der Waals surface area contributed by atoms with Crippen LogP contribution in [0.25, 0.3) is 0 Å². The summed E-state index contributed by atoms with van der Waals surface area (Å²) in [5.41, 5.74) is 10.5. The molecule has 9 heteroatoms. The normalized spacial score (nSPS) is 11.6. The summed E-state index contributed by atoms with van der Waals surface area (Å²) in [5.74, 6) is -0.809. The number of aromatic nitrogens is 2. The second-order valence-corrected chi connectivity index (χ2v) is 4.46. The van der Waals surface area contributed by atoms with E-state index in [0.29, 0.717) is 6.29 Å². The molecule has 1 aromatic heterocycles. The molecule has 23 heavy (non-hydrogen) atoms. The predicted octanol–water partition coefficient (Wildman–Crippen LogP) is 0.445. The minimum Gasteiger partial charge on any atom is -0.424 e. The molecule has 0 fully saturated rings. The molecule has 2 aromatic rings. The Kier molecular flexibility index (Phi) is 5.15. The number of hydrogen-bond acceptors (Lipinski definition) is 7. The smallest absolute Gasteiger partial charge is 0.324 e. The Balaban J connectivity index is 2.30. The predicted molar refractivity (Wildman–Crippen MR) is 79.6 cm³/mol. The minimum absolute atomic E-state index is 0.0353. The summed E-state index contributed by atoms with van der Waals surface area (Å²) >= 11 is 0. The lowest BCUT2D eigenvalue weighted by molar-refractivity contribution is -0.108. The highest BCUT2D eigenvalue weighted by molar-refractivity contribution is 5.91. The molecule has 0 aliphatic carbocycles. The average Bonchev–Trinajstić information content (AvgIpc) is 2.54. The number of nitrogens with two attached hydrogens (primary N) is 2. The molecule has 1 amide bonds. The molecule has 2 rings (SSSR count). The van der Waals surface area contributed by atoms with Gasteiger partial charge in [0, 0.05) is 12.6 Å². The first-order valence-electron chi connectivity index (χ1n) is 6.56. The summed E-state index contributed by atoms with van der Waals surface area (Å²) in [7, 11) is 0. The Morgan fingerprint density at radius 2 is 2.04 bits per heavy atom. The zero-order valence-corrected chi connectivity index (χ0v) is 11.9. The third-order valence-electron chi connectivity index (χ3n) is 2.73. The van der Waals surface area contributed by atoms with Crippen molar-refractivity contribution < 1.29 is 18.7 Å². The van der Waals surface area contributed by atoms with Gasteiger partial charge in [-0.1, -0.05) is 0 Å². The Hall–Kier alpha value is -3.07. The maximum Gasteiger partial charge on any atom is 0.324 e. The molecule has 0 aliphatic rings. The number of nitrogens with one attached hydrogen (secondary N) is 1. The van der Waals surface area contributed by atoms with Crippen molar-refractivity contribution in [3.63, 3.8) is 0 Å². The van der Waals surface area contributed by atoms with Gasteiger partial charge in [-0.3, -0.25) is 4.79 Å². The first-order chi connectivity index (χ1) is 11.0. The van der Waals surface area contributed by atoms with E-state index in [4.69, 9.17) is 16.2 Å². The number of primary amides is 1. The maximum absolute atomic E-state index is 12.9. The molecule has 5 N–H and O–H groups in total. The van der Waals surface area contributed by atoms with Gasteiger partial charge in [-0.05, 0) is 24.3 Å². The molecule has 1 aromatic carbocycles. The highest BCUT2D eigenvalue weighted by atomic mass is 19.1. The molecule has 120 valence electrons. The highest BCUT2D eigenvalue weighted by Crippen LogP contribution is 2.20. The van der Waals surface area contributed by atoms with E-state index in [2.05, 4.69) is 15.3 Å². The minimum atomic E-state index is -0.796. The van der Waals surface area contributed by atoms with E-state index in [1.165, 1.54) is 30.3 Å². The van der Waals surface area contributed by atoms with Gasteiger partial charge in [0.2, 0.25) is 0 Å². The van der Waals surface area contributed by atoms with Crippen LogP contribution in [0.2, 0.25) is 0 Å². The molecule has 0 unspecified atom stereocenters. The number of nitrogens with zero attached hydrogens (tertiary/aromatic N) is 2. The van der Waals surface area contributed by atoms with E-state index in [1.54, 1.807) is 0 Å². The van der Waals surface area contributed by atoms with Crippen molar-refractivity contribution in [1.82, 2.24) is 9.97 Å². The molecule has 0 saturated heterocycles. The van der Waals surface area contributed by atoms with Crippen LogP contribution in [0, 0.1) is 5.82 Å². The standard InChI is InChI=1S/C14H14FN5O3/c15-8-1-3-10(4-2-8)23-14-19-11(13(17)22)5-12(20-14)18-9(6-16)7-21/h1-5,7,9H,6,16H2,(H2,17,22)(H,18,19,20)/t9-/m0/s1. The van der Waals surface area contributed by atoms with Gasteiger partial charge in [0.1, 0.15) is 29.4 Å². The zero-order chi connectivity index (χ0) is 16.8. The second-order valence-electron chi connectivity index (χ2n) is 4.46. The molecule has 0 spiro atoms. The monoisotopic (exact) mass is 319 g/mol. The van der Waals surface area contributed by atoms with Crippen LogP contribution < -0.4 is 21.5 Å². The van der Waals surface area contributed by atoms with Gasteiger partial charge in [-0.15, -0.1) is 0 Å². The maximum atomic E-state index is 12.9. The summed E-state index contributed by atoms with van der Waals surface area (Å²) in [5, 5.41) is 2.72. The Bertz CT molecular complexity index is 708. The van der Waals surface area contributed by atoms with Crippen LogP contribution in [0.3, 0.4) is 0 Å². The third-order valence-corrected chi connectivity index (χ3v) is 2.73. The van der Waals surface area contributed by atoms with Crippen molar-refractivity contribution in [1.29, 1.82) is 0 Å². The van der Waals surface area contributed by atoms with E-state index in [9.17, 15) is 14.0 Å². The number of rotatable bonds is 7. The van der Waals surface area contributed by atoms with Gasteiger partial charge in [0.15, 0.2) is 0 Å². The molecule has 0 radical (unpaired) electrons. The fraction of sp³-hybridized carbons (Fsp3) is 0.143. The molecule has 0 aliphatic heterocycles. The molecular weight excluding hydrogens is 305 g/mol. The summed E-state index contributed by atoms with van der Waals surface area (Å²) in [6.45, 7) is 0.0353. The van der Waals surface area contributed by atoms with Crippen LogP contribution in [0.5, 0.6) is 11.8 Å². The van der Waals surface area contributed by atoms with Crippen molar-refractivity contribution in [2.45, 2.75) is 6.04 Å². The van der Waals surface area contributed by atoms with Crippen LogP contribution >= 0.6 is 0 Å². The number of carbonyl (C=O) groups is 2. The van der Waals surface area contributed by atoms with Crippen LogP contribution in [0.15, 0.2) is 30.3 Å². The number of carbonyl (C=O) groups excluding carboxylic acids is 2. The quantitative estimate of drug-likeness (QED) is 0.631. The van der Waals surface area contributed by atoms with Crippen molar-refractivity contribution >= 4 is 18.0 Å². The van der Waals surface area contributed by atoms with Crippen molar-refractivity contribution in [2.75, 3.05) is 11.9 Å². The summed E-state index contributed by atoms with van der Waals surface area (Å²) in [4.78, 5) is 30.0. The Labute approximate surface area is 130 Å². The zero-order valence-electron chi connectivity index (χ0n) is 11.9. The average molecular weight is 319 g/mol. The lowest BCUT2D eigenvalue weighted by atomic mass is 10.3. The number of halogens is 1. The fourth-order valence-electron chi connectivity index (χ4n) is 1.62. The van der Waals surface area contributed by atoms with Crippen LogP contribution in [0.1, 0.15) is 10.5 Å². The van der Waals surface area contributed by atoms with E-state index >= 15 is 0 Å². The second kappa shape index (κ2) is 7.27. The third kappa shape index (κ3) is 4.45. The van der Waals surface area contributed by atoms with Gasteiger partial charge in [-0.25, -0.2) is 4.39 Å². The first kappa shape index (κ1) is 16.3. The van der Waals surface area contributed by atoms with Gasteiger partial charge in [-0.2, -0.15) is 9.97 Å². The Morgan fingerprint density at radius 3 is 2.61 bits per heavy atom. The van der Waals surface area contributed by atoms with Crippen molar-refractivity contribution in [2.24, 2.45) is 11.5 Å². The van der Waals surface area contributed by atoms with E-state index in [1.807, 2.05) is 0 Å². The molecule has 1 heterocycles. The van der Waals surface area contributed by atoms with Gasteiger partial charge in [0.25, 0.3) is 5.91 Å². The molecule has 1 atom stereocenters. The van der Waals surface area contributed by atoms with Crippen LogP contribution in [-0.2, 0) is 4.79 Å². The Morgan fingerprint density at radius 1 is 1.35 bits per heavy atom. The number of amides is 1. The summed E-state index contributed by atoms with van der Waals surface area (Å²) in [6, 6.07) is 5.54. The van der Waals surface area contributed by atoms with Gasteiger partial charge >= 0.3 is 6.01 Å². The summed E-state index contributed by atoms with van der Waals surface area (Å²) < 4.78 is 18.2. The van der Waals surface area contributed by atoms with Gasteiger partial charge in [0.05, 0.1) is 6.04 Å². The van der Waals surface area contributed by atoms with E-state index < -0.39 is 17.8 Å². The lowest BCUT2D eigenvalue weighted by Gasteiger charge is -2.12. The molecule has 0 bridgehead atoms. The lowest BCUT2D eigenvalue weighted by Crippen LogP contribution is -2.30. The van der Waals surface area contributed by atoms with Crippen LogP contribution in [0.4, 0.5) is 10.2 Å². The van der Waals surface area contributed by atoms with E-state index in [-0.39, 0.29) is 29.8 Å². The SMILES string of the molecule is NC[C@@H](C=O)Nc1cc(C(N)=O)nc(Oc2ccc(F)cc2)n1. The van der Waals surface area contributed by atoms with Crippen molar-refractivity contribution in [3.05, 3.63) is 41.8 Å². The number of benzene rings is 1. The number of hydrogen-bond donors (Lipinski definition) is 3. The number of ether oxygens (including phenoxy) is 1. The number of anilines is 1. The largest absolute Gasteiger partial charge is 0.424 e. The van der Waals surface area contributed by atoms with Crippen molar-refractivity contribution in [3.8, 4) is 11.8 Å². The molecular formula is C14H14FN5O3. The fourth-order valence-corrected chi connectivity index (χ4v) is 1.62. The van der Waals surface area contributed by atoms with Crippen LogP contribution in [-0.4, -0.2) is 34.7 Å². The summed E-state index contributed by atoms with van der Waals surface area (Å²) in [6.07, 6.45) is 0.604. The molecule has 8 nitrogen and oxygen atoms in total. The van der Waals surface area contributed by atoms with E-state index in [0.717, 1.165) is 0 Å². The van der Waals surface area contributed by atoms with Gasteiger partial charge < -0.3 is 26.3 Å². The topological polar surface area (TPSA) is 133 Å². The first-order valence-corrected chi connectivity index (χ1v) is 6.56. The number of aldehydes is 1. The highest BCUT2D eigenvalue weighted by Gasteiger charge is 2.13. The molecule has 0 saturated carbocycles.